The van der Waals surface area contributed by atoms with Gasteiger partial charge in [0.05, 0.1) is 18.4 Å². The molecule has 21 heavy (non-hydrogen) atoms. The lowest BCUT2D eigenvalue weighted by atomic mass is 10.2. The van der Waals surface area contributed by atoms with Crippen molar-refractivity contribution in [1.29, 1.82) is 0 Å². The van der Waals surface area contributed by atoms with Gasteiger partial charge in [-0.05, 0) is 5.56 Å². The van der Waals surface area contributed by atoms with Gasteiger partial charge in [-0.2, -0.15) is 0 Å². The number of hydrogen-bond acceptors (Lipinski definition) is 4. The number of likely N-dealkylation sites (tertiary alicyclic amines) is 1. The van der Waals surface area contributed by atoms with E-state index in [1.807, 2.05) is 35.2 Å². The van der Waals surface area contributed by atoms with Gasteiger partial charge in [-0.3, -0.25) is 9.78 Å². The maximum Gasteiger partial charge on any atom is 0.225 e. The molecule has 0 spiro atoms. The molecule has 1 amide bonds. The van der Waals surface area contributed by atoms with Gasteiger partial charge < -0.3 is 10.2 Å². The number of carbonyl (C=O) groups is 1. The van der Waals surface area contributed by atoms with Gasteiger partial charge in [0.1, 0.15) is 11.0 Å². The first-order valence-electron chi connectivity index (χ1n) is 6.76. The molecular formula is C15H15ClN4O. The maximum atomic E-state index is 12.1. The van der Waals surface area contributed by atoms with Crippen LogP contribution in [0.25, 0.3) is 0 Å². The van der Waals surface area contributed by atoms with Crippen molar-refractivity contribution >= 4 is 23.3 Å². The summed E-state index contributed by atoms with van der Waals surface area (Å²) in [7, 11) is 0. The van der Waals surface area contributed by atoms with Crippen LogP contribution in [0.4, 0.5) is 5.82 Å². The number of nitrogens with zero attached hydrogens (tertiary/aromatic N) is 3. The lowest BCUT2D eigenvalue weighted by Gasteiger charge is -2.17. The second-order valence-corrected chi connectivity index (χ2v) is 5.42. The van der Waals surface area contributed by atoms with Crippen molar-refractivity contribution in [3.05, 3.63) is 53.4 Å². The van der Waals surface area contributed by atoms with E-state index in [0.717, 1.165) is 5.56 Å². The van der Waals surface area contributed by atoms with Crippen molar-refractivity contribution in [1.82, 2.24) is 14.9 Å². The van der Waals surface area contributed by atoms with Crippen LogP contribution in [0, 0.1) is 0 Å². The fourth-order valence-corrected chi connectivity index (χ4v) is 2.59. The van der Waals surface area contributed by atoms with E-state index in [1.165, 1.54) is 6.20 Å². The highest BCUT2D eigenvalue weighted by Crippen LogP contribution is 2.18. The molecule has 108 valence electrons. The Morgan fingerprint density at radius 2 is 2.10 bits per heavy atom. The zero-order valence-electron chi connectivity index (χ0n) is 11.4. The molecular weight excluding hydrogens is 288 g/mol. The minimum atomic E-state index is 0.0361. The highest BCUT2D eigenvalue weighted by atomic mass is 35.5. The molecule has 6 heteroatoms. The van der Waals surface area contributed by atoms with Crippen molar-refractivity contribution in [3.8, 4) is 0 Å². The van der Waals surface area contributed by atoms with Gasteiger partial charge in [0.25, 0.3) is 0 Å². The third-order valence-electron chi connectivity index (χ3n) is 3.39. The number of aromatic nitrogens is 2. The molecule has 1 N–H and O–H groups in total. The predicted molar refractivity (Wildman–Crippen MR) is 80.9 cm³/mol. The number of nitrogens with one attached hydrogen (secondary N) is 1. The first kappa shape index (κ1) is 13.8. The Morgan fingerprint density at radius 1 is 1.29 bits per heavy atom. The molecule has 0 radical (unpaired) electrons. The van der Waals surface area contributed by atoms with Gasteiger partial charge >= 0.3 is 0 Å². The minimum absolute atomic E-state index is 0.0361. The van der Waals surface area contributed by atoms with Gasteiger partial charge in [0.15, 0.2) is 0 Å². The highest BCUT2D eigenvalue weighted by Gasteiger charge is 2.29. The Bertz CT molecular complexity index is 635. The van der Waals surface area contributed by atoms with Crippen molar-refractivity contribution in [3.63, 3.8) is 0 Å². The summed E-state index contributed by atoms with van der Waals surface area (Å²) in [5, 5.41) is 3.55. The topological polar surface area (TPSA) is 58.1 Å². The summed E-state index contributed by atoms with van der Waals surface area (Å²) in [5.74, 6) is 0.744. The minimum Gasteiger partial charge on any atom is -0.364 e. The summed E-state index contributed by atoms with van der Waals surface area (Å²) in [6.07, 6.45) is 3.55. The molecule has 1 saturated heterocycles. The quantitative estimate of drug-likeness (QED) is 0.942. The molecule has 1 aromatic heterocycles. The Morgan fingerprint density at radius 3 is 2.86 bits per heavy atom. The van der Waals surface area contributed by atoms with Crippen LogP contribution in [0.1, 0.15) is 12.0 Å². The number of carbonyl (C=O) groups excluding carboxylic acids is 1. The van der Waals surface area contributed by atoms with Crippen LogP contribution in [0.15, 0.2) is 42.7 Å². The summed E-state index contributed by atoms with van der Waals surface area (Å²) >= 11 is 5.80. The maximum absolute atomic E-state index is 12.1. The van der Waals surface area contributed by atoms with Crippen LogP contribution in [-0.2, 0) is 11.3 Å². The average molecular weight is 303 g/mol. The van der Waals surface area contributed by atoms with Crippen LogP contribution >= 0.6 is 11.6 Å². The molecule has 2 aromatic rings. The van der Waals surface area contributed by atoms with Gasteiger partial charge in [-0.1, -0.05) is 41.9 Å². The van der Waals surface area contributed by atoms with Crippen LogP contribution in [-0.4, -0.2) is 33.4 Å². The Labute approximate surface area is 128 Å². The number of rotatable bonds is 4. The first-order valence-corrected chi connectivity index (χ1v) is 7.14. The lowest BCUT2D eigenvalue weighted by molar-refractivity contribution is -0.128. The van der Waals surface area contributed by atoms with Gasteiger partial charge in [0, 0.05) is 19.5 Å². The van der Waals surface area contributed by atoms with E-state index in [-0.39, 0.29) is 11.9 Å². The monoisotopic (exact) mass is 302 g/mol. The third-order valence-corrected chi connectivity index (χ3v) is 3.57. The molecule has 0 unspecified atom stereocenters. The van der Waals surface area contributed by atoms with Crippen LogP contribution in [0.3, 0.4) is 0 Å². The number of halogens is 1. The van der Waals surface area contributed by atoms with Gasteiger partial charge in [0.2, 0.25) is 5.91 Å². The number of amides is 1. The summed E-state index contributed by atoms with van der Waals surface area (Å²) < 4.78 is 0. The van der Waals surface area contributed by atoms with E-state index in [0.29, 0.717) is 30.5 Å². The van der Waals surface area contributed by atoms with Crippen LogP contribution in [0.5, 0.6) is 0 Å². The molecule has 1 aromatic carbocycles. The number of benzene rings is 1. The molecule has 0 bridgehead atoms. The molecule has 1 atom stereocenters. The molecule has 1 fully saturated rings. The molecule has 0 saturated carbocycles. The van der Waals surface area contributed by atoms with E-state index in [4.69, 9.17) is 11.6 Å². The van der Waals surface area contributed by atoms with Crippen molar-refractivity contribution < 1.29 is 4.79 Å². The average Bonchev–Trinajstić information content (AvgIpc) is 2.80. The van der Waals surface area contributed by atoms with E-state index in [1.54, 1.807) is 6.20 Å². The van der Waals surface area contributed by atoms with E-state index in [2.05, 4.69) is 15.3 Å². The summed E-state index contributed by atoms with van der Waals surface area (Å²) in [4.78, 5) is 22.0. The molecule has 2 heterocycles. The van der Waals surface area contributed by atoms with Gasteiger partial charge in [-0.25, -0.2) is 4.98 Å². The van der Waals surface area contributed by atoms with Crippen molar-refractivity contribution in [2.45, 2.75) is 19.0 Å². The summed E-state index contributed by atoms with van der Waals surface area (Å²) in [6.45, 7) is 1.29. The number of hydrogen-bond donors (Lipinski definition) is 1. The second-order valence-electron chi connectivity index (χ2n) is 5.03. The standard InChI is InChI=1S/C15H15ClN4O/c16-13-7-17-8-14(19-13)18-12-6-15(21)20(10-12)9-11-4-2-1-3-5-11/h1-5,7-8,12H,6,9-10H2,(H,18,19)/t12-/m1/s1. The largest absolute Gasteiger partial charge is 0.364 e. The smallest absolute Gasteiger partial charge is 0.225 e. The number of anilines is 1. The van der Waals surface area contributed by atoms with Crippen molar-refractivity contribution in [2.75, 3.05) is 11.9 Å². The Balaban J connectivity index is 1.62. The molecule has 0 aliphatic carbocycles. The van der Waals surface area contributed by atoms with Gasteiger partial charge in [-0.15, -0.1) is 0 Å². The third kappa shape index (κ3) is 3.49. The molecule has 3 rings (SSSR count). The van der Waals surface area contributed by atoms with Crippen LogP contribution < -0.4 is 5.32 Å². The van der Waals surface area contributed by atoms with E-state index >= 15 is 0 Å². The molecule has 1 aliphatic heterocycles. The van der Waals surface area contributed by atoms with E-state index < -0.39 is 0 Å². The zero-order valence-corrected chi connectivity index (χ0v) is 12.1. The SMILES string of the molecule is O=C1C[C@@H](Nc2cncc(Cl)n2)CN1Cc1ccccc1. The first-order chi connectivity index (χ1) is 10.2. The zero-order chi connectivity index (χ0) is 14.7. The van der Waals surface area contributed by atoms with E-state index in [9.17, 15) is 4.79 Å². The predicted octanol–water partition coefficient (Wildman–Crippen LogP) is 2.34. The normalized spacial score (nSPS) is 18.0. The molecule has 5 nitrogen and oxygen atoms in total. The summed E-state index contributed by atoms with van der Waals surface area (Å²) in [6, 6.07) is 10.0. The van der Waals surface area contributed by atoms with Crippen LogP contribution in [0.2, 0.25) is 5.15 Å². The summed E-state index contributed by atoms with van der Waals surface area (Å²) in [5.41, 5.74) is 1.13. The Kier molecular flexibility index (Phi) is 4.01. The lowest BCUT2D eigenvalue weighted by Crippen LogP contribution is -2.27. The fraction of sp³-hybridized carbons (Fsp3) is 0.267. The highest BCUT2D eigenvalue weighted by molar-refractivity contribution is 6.29. The molecule has 1 aliphatic rings. The fourth-order valence-electron chi connectivity index (χ4n) is 2.45. The Hall–Kier alpha value is -2.14. The van der Waals surface area contributed by atoms with Crippen molar-refractivity contribution in [2.24, 2.45) is 0 Å². The second kappa shape index (κ2) is 6.10.